The third-order valence-electron chi connectivity index (χ3n) is 2.52. The fourth-order valence-corrected chi connectivity index (χ4v) is 1.31. The lowest BCUT2D eigenvalue weighted by Crippen LogP contribution is -2.41. The fraction of sp³-hybridized carbons (Fsp3) is 0.818. The van der Waals surface area contributed by atoms with Crippen LogP contribution in [0.15, 0.2) is 0 Å². The zero-order valence-electron chi connectivity index (χ0n) is 9.73. The van der Waals surface area contributed by atoms with Crippen molar-refractivity contribution in [2.45, 2.75) is 45.3 Å². The molecule has 1 amide bonds. The molecular weight excluding hydrogens is 210 g/mol. The highest BCUT2D eigenvalue weighted by Gasteiger charge is 2.24. The van der Waals surface area contributed by atoms with E-state index in [9.17, 15) is 9.59 Å². The number of carbonyl (C=O) groups excluding carboxylic acids is 1. The van der Waals surface area contributed by atoms with Crippen molar-refractivity contribution in [3.05, 3.63) is 0 Å². The smallest absolute Gasteiger partial charge is 0.305 e. The Hall–Kier alpha value is -1.10. The normalized spacial score (nSPS) is 18.9. The van der Waals surface area contributed by atoms with Crippen LogP contribution in [0.3, 0.4) is 0 Å². The van der Waals surface area contributed by atoms with Crippen LogP contribution < -0.4 is 5.32 Å². The molecule has 0 spiro atoms. The molecule has 0 bridgehead atoms. The van der Waals surface area contributed by atoms with E-state index in [0.717, 1.165) is 0 Å². The van der Waals surface area contributed by atoms with Crippen molar-refractivity contribution in [3.63, 3.8) is 0 Å². The van der Waals surface area contributed by atoms with Crippen LogP contribution in [-0.4, -0.2) is 35.7 Å². The second kappa shape index (κ2) is 5.84. The van der Waals surface area contributed by atoms with Crippen LogP contribution in [0.2, 0.25) is 0 Å². The molecule has 1 aliphatic rings. The minimum Gasteiger partial charge on any atom is -0.481 e. The molecule has 0 radical (unpaired) electrons. The number of rotatable bonds is 7. The largest absolute Gasteiger partial charge is 0.481 e. The van der Waals surface area contributed by atoms with Gasteiger partial charge in [0.1, 0.15) is 6.10 Å². The van der Waals surface area contributed by atoms with E-state index in [1.807, 2.05) is 0 Å². The molecule has 5 nitrogen and oxygen atoms in total. The summed E-state index contributed by atoms with van der Waals surface area (Å²) in [7, 11) is 0. The monoisotopic (exact) mass is 229 g/mol. The number of carbonyl (C=O) groups is 2. The number of ether oxygens (including phenoxy) is 1. The molecule has 0 saturated heterocycles. The summed E-state index contributed by atoms with van der Waals surface area (Å²) in [6.45, 7) is 3.98. The van der Waals surface area contributed by atoms with Crippen LogP contribution in [0, 0.1) is 5.92 Å². The van der Waals surface area contributed by atoms with Crippen molar-refractivity contribution in [2.75, 3.05) is 6.61 Å². The topological polar surface area (TPSA) is 75.6 Å². The van der Waals surface area contributed by atoms with Gasteiger partial charge in [-0.15, -0.1) is 0 Å². The van der Waals surface area contributed by atoms with Gasteiger partial charge in [0.25, 0.3) is 0 Å². The summed E-state index contributed by atoms with van der Waals surface area (Å²) in [4.78, 5) is 21.9. The highest BCUT2D eigenvalue weighted by molar-refractivity contribution is 5.81. The molecular formula is C11H19NO4. The van der Waals surface area contributed by atoms with Gasteiger partial charge in [0.15, 0.2) is 0 Å². The van der Waals surface area contributed by atoms with Gasteiger partial charge in [0.05, 0.1) is 13.0 Å². The molecule has 92 valence electrons. The lowest BCUT2D eigenvalue weighted by atomic mass is 10.2. The summed E-state index contributed by atoms with van der Waals surface area (Å²) in [6, 6.07) is -0.364. The Labute approximate surface area is 95.2 Å². The fourth-order valence-electron chi connectivity index (χ4n) is 1.31. The number of hydrogen-bond acceptors (Lipinski definition) is 3. The number of nitrogens with one attached hydrogen (secondary N) is 1. The average Bonchev–Trinajstić information content (AvgIpc) is 2.95. The van der Waals surface area contributed by atoms with Crippen molar-refractivity contribution < 1.29 is 19.4 Å². The molecule has 1 rings (SSSR count). The number of hydrogen-bond donors (Lipinski definition) is 2. The highest BCUT2D eigenvalue weighted by atomic mass is 16.5. The first-order chi connectivity index (χ1) is 7.49. The van der Waals surface area contributed by atoms with Crippen molar-refractivity contribution >= 4 is 11.9 Å². The number of amides is 1. The number of carboxylic acids is 1. The van der Waals surface area contributed by atoms with Crippen LogP contribution in [-0.2, 0) is 14.3 Å². The Morgan fingerprint density at radius 1 is 1.44 bits per heavy atom. The second-order valence-electron chi connectivity index (χ2n) is 4.43. The van der Waals surface area contributed by atoms with Gasteiger partial charge in [-0.1, -0.05) is 0 Å². The minimum atomic E-state index is -0.917. The molecule has 0 aromatic carbocycles. The first kappa shape index (κ1) is 13.0. The average molecular weight is 229 g/mol. The van der Waals surface area contributed by atoms with E-state index in [0.29, 0.717) is 12.5 Å². The van der Waals surface area contributed by atoms with Gasteiger partial charge >= 0.3 is 5.97 Å². The highest BCUT2D eigenvalue weighted by Crippen LogP contribution is 2.29. The predicted octanol–water partition coefficient (Wildman–Crippen LogP) is 0.781. The SMILES string of the molecule is CC(CC(=O)O)NC(=O)C(C)OCC1CC1. The number of aliphatic carboxylic acids is 1. The van der Waals surface area contributed by atoms with Crippen LogP contribution in [0.25, 0.3) is 0 Å². The summed E-state index contributed by atoms with van der Waals surface area (Å²) in [5.41, 5.74) is 0. The minimum absolute atomic E-state index is 0.0684. The van der Waals surface area contributed by atoms with E-state index in [4.69, 9.17) is 9.84 Å². The molecule has 0 aromatic rings. The maximum Gasteiger partial charge on any atom is 0.305 e. The summed E-state index contributed by atoms with van der Waals surface area (Å²) in [6.07, 6.45) is 1.80. The third kappa shape index (κ3) is 5.11. The summed E-state index contributed by atoms with van der Waals surface area (Å²) in [5.74, 6) is -0.541. The molecule has 16 heavy (non-hydrogen) atoms. The van der Waals surface area contributed by atoms with Crippen molar-refractivity contribution in [1.82, 2.24) is 5.32 Å². The molecule has 1 fully saturated rings. The van der Waals surface area contributed by atoms with Gasteiger partial charge in [-0.25, -0.2) is 0 Å². The standard InChI is InChI=1S/C11H19NO4/c1-7(5-10(13)14)12-11(15)8(2)16-6-9-3-4-9/h7-9H,3-6H2,1-2H3,(H,12,15)(H,13,14). The van der Waals surface area contributed by atoms with Gasteiger partial charge in [-0.05, 0) is 32.6 Å². The first-order valence-electron chi connectivity index (χ1n) is 5.62. The third-order valence-corrected chi connectivity index (χ3v) is 2.52. The molecule has 1 saturated carbocycles. The lowest BCUT2D eigenvalue weighted by molar-refractivity contribution is -0.138. The van der Waals surface area contributed by atoms with E-state index in [1.165, 1.54) is 12.8 Å². The van der Waals surface area contributed by atoms with Gasteiger partial charge in [0, 0.05) is 6.04 Å². The first-order valence-corrected chi connectivity index (χ1v) is 5.62. The van der Waals surface area contributed by atoms with Crippen molar-refractivity contribution in [1.29, 1.82) is 0 Å². The van der Waals surface area contributed by atoms with Gasteiger partial charge in [-0.3, -0.25) is 9.59 Å². The maximum absolute atomic E-state index is 11.5. The van der Waals surface area contributed by atoms with Crippen LogP contribution in [0.4, 0.5) is 0 Å². The molecule has 0 heterocycles. The molecule has 2 unspecified atom stereocenters. The molecule has 2 atom stereocenters. The van der Waals surface area contributed by atoms with Crippen LogP contribution in [0.5, 0.6) is 0 Å². The zero-order chi connectivity index (χ0) is 12.1. The maximum atomic E-state index is 11.5. The molecule has 5 heteroatoms. The molecule has 2 N–H and O–H groups in total. The van der Waals surface area contributed by atoms with E-state index < -0.39 is 12.1 Å². The Morgan fingerprint density at radius 3 is 2.56 bits per heavy atom. The number of carboxylic acid groups (broad SMARTS) is 1. The predicted molar refractivity (Wildman–Crippen MR) is 58.0 cm³/mol. The van der Waals surface area contributed by atoms with Gasteiger partial charge in [0.2, 0.25) is 5.91 Å². The Morgan fingerprint density at radius 2 is 2.06 bits per heavy atom. The Balaban J connectivity index is 2.18. The van der Waals surface area contributed by atoms with E-state index in [-0.39, 0.29) is 18.4 Å². The Kier molecular flexibility index (Phi) is 4.73. The summed E-state index contributed by atoms with van der Waals surface area (Å²) >= 11 is 0. The molecule has 0 aliphatic heterocycles. The van der Waals surface area contributed by atoms with E-state index >= 15 is 0 Å². The molecule has 0 aromatic heterocycles. The van der Waals surface area contributed by atoms with Crippen LogP contribution in [0.1, 0.15) is 33.1 Å². The van der Waals surface area contributed by atoms with Gasteiger partial charge in [-0.2, -0.15) is 0 Å². The second-order valence-corrected chi connectivity index (χ2v) is 4.43. The van der Waals surface area contributed by atoms with E-state index in [1.54, 1.807) is 13.8 Å². The van der Waals surface area contributed by atoms with Gasteiger partial charge < -0.3 is 15.2 Å². The van der Waals surface area contributed by atoms with Crippen LogP contribution >= 0.6 is 0 Å². The van der Waals surface area contributed by atoms with Crippen molar-refractivity contribution in [2.24, 2.45) is 5.92 Å². The zero-order valence-corrected chi connectivity index (χ0v) is 9.73. The van der Waals surface area contributed by atoms with Crippen molar-refractivity contribution in [3.8, 4) is 0 Å². The quantitative estimate of drug-likeness (QED) is 0.676. The molecule has 1 aliphatic carbocycles. The summed E-state index contributed by atoms with van der Waals surface area (Å²) in [5, 5.41) is 11.1. The summed E-state index contributed by atoms with van der Waals surface area (Å²) < 4.78 is 5.37. The van der Waals surface area contributed by atoms with E-state index in [2.05, 4.69) is 5.32 Å². The lowest BCUT2D eigenvalue weighted by Gasteiger charge is -2.16. The Bertz CT molecular complexity index is 263.